The van der Waals surface area contributed by atoms with E-state index in [-0.39, 0.29) is 29.5 Å². The molecule has 164 valence electrons. The number of hydrogen-bond donors (Lipinski definition) is 0. The number of sulfone groups is 1. The molecule has 2 aromatic heterocycles. The number of thiazole rings is 1. The number of aryl methyl sites for hydroxylation is 2. The highest BCUT2D eigenvalue weighted by Gasteiger charge is 2.24. The van der Waals surface area contributed by atoms with Gasteiger partial charge in [0, 0.05) is 12.6 Å². The Bertz CT molecular complexity index is 1350. The number of carbonyl (C=O) groups excluding carboxylic acids is 1. The predicted octanol–water partition coefficient (Wildman–Crippen LogP) is 4.71. The quantitative estimate of drug-likeness (QED) is 0.395. The summed E-state index contributed by atoms with van der Waals surface area (Å²) in [5.41, 5.74) is 3.73. The van der Waals surface area contributed by atoms with Gasteiger partial charge in [-0.3, -0.25) is 14.7 Å². The molecule has 0 N–H and O–H groups in total. The van der Waals surface area contributed by atoms with Crippen molar-refractivity contribution in [1.29, 1.82) is 0 Å². The van der Waals surface area contributed by atoms with E-state index in [0.29, 0.717) is 10.8 Å². The summed E-state index contributed by atoms with van der Waals surface area (Å²) in [6, 6.07) is 17.8. The first-order chi connectivity index (χ1) is 15.3. The largest absolute Gasteiger partial charge is 0.282 e. The van der Waals surface area contributed by atoms with E-state index in [4.69, 9.17) is 4.98 Å². The van der Waals surface area contributed by atoms with Gasteiger partial charge in [-0.05, 0) is 55.3 Å². The van der Waals surface area contributed by atoms with E-state index in [1.54, 1.807) is 41.4 Å². The van der Waals surface area contributed by atoms with Crippen LogP contribution in [0.4, 0.5) is 5.13 Å². The van der Waals surface area contributed by atoms with Crippen LogP contribution in [0.2, 0.25) is 0 Å². The van der Waals surface area contributed by atoms with Gasteiger partial charge in [0.15, 0.2) is 15.0 Å². The lowest BCUT2D eigenvalue weighted by atomic mass is 10.1. The summed E-state index contributed by atoms with van der Waals surface area (Å²) in [4.78, 5) is 24.1. The smallest absolute Gasteiger partial charge is 0.230 e. The van der Waals surface area contributed by atoms with Crippen molar-refractivity contribution >= 4 is 42.4 Å². The molecule has 0 saturated heterocycles. The lowest BCUT2D eigenvalue weighted by Gasteiger charge is -2.19. The molecule has 0 fully saturated rings. The standard InChI is InChI=1S/C24H23N3O3S2/c1-17-14-18(2)23-21(15-17)31-24(26-23)27(16-19-8-6-7-12-25-19)22(28)11-13-32(29,30)20-9-4-3-5-10-20/h3-10,12,14-15H,11,13,16H2,1-2H3. The molecule has 1 amide bonds. The van der Waals surface area contributed by atoms with Crippen molar-refractivity contribution in [2.45, 2.75) is 31.7 Å². The molecule has 0 aliphatic carbocycles. The zero-order chi connectivity index (χ0) is 22.7. The summed E-state index contributed by atoms with van der Waals surface area (Å²) in [7, 11) is -3.56. The molecule has 8 heteroatoms. The van der Waals surface area contributed by atoms with Crippen molar-refractivity contribution in [3.05, 3.63) is 83.7 Å². The topological polar surface area (TPSA) is 80.2 Å². The number of nitrogens with zero attached hydrogens (tertiary/aromatic N) is 3. The van der Waals surface area contributed by atoms with Crippen molar-refractivity contribution in [3.8, 4) is 0 Å². The highest BCUT2D eigenvalue weighted by molar-refractivity contribution is 7.91. The Morgan fingerprint density at radius 2 is 1.78 bits per heavy atom. The van der Waals surface area contributed by atoms with Crippen LogP contribution in [-0.2, 0) is 21.2 Å². The van der Waals surface area contributed by atoms with Gasteiger partial charge >= 0.3 is 0 Å². The van der Waals surface area contributed by atoms with Gasteiger partial charge in [-0.1, -0.05) is 41.7 Å². The summed E-state index contributed by atoms with van der Waals surface area (Å²) in [5, 5.41) is 0.543. The SMILES string of the molecule is Cc1cc(C)c2nc(N(Cc3ccccn3)C(=O)CCS(=O)(=O)c3ccccc3)sc2c1. The maximum absolute atomic E-state index is 13.3. The van der Waals surface area contributed by atoms with E-state index in [2.05, 4.69) is 11.1 Å². The number of aromatic nitrogens is 2. The average molecular weight is 466 g/mol. The van der Waals surface area contributed by atoms with Crippen LogP contribution >= 0.6 is 11.3 Å². The van der Waals surface area contributed by atoms with Gasteiger partial charge in [0.2, 0.25) is 5.91 Å². The monoisotopic (exact) mass is 465 g/mol. The Labute approximate surface area is 191 Å². The number of benzene rings is 2. The molecule has 4 aromatic rings. The van der Waals surface area contributed by atoms with Gasteiger partial charge < -0.3 is 0 Å². The number of rotatable bonds is 7. The zero-order valence-corrected chi connectivity index (χ0v) is 19.5. The first-order valence-corrected chi connectivity index (χ1v) is 12.7. The van der Waals surface area contributed by atoms with Crippen molar-refractivity contribution in [2.75, 3.05) is 10.7 Å². The summed E-state index contributed by atoms with van der Waals surface area (Å²) in [5.74, 6) is -0.569. The maximum Gasteiger partial charge on any atom is 0.230 e. The molecular weight excluding hydrogens is 442 g/mol. The van der Waals surface area contributed by atoms with Crippen molar-refractivity contribution < 1.29 is 13.2 Å². The summed E-state index contributed by atoms with van der Waals surface area (Å²) >= 11 is 1.43. The minimum absolute atomic E-state index is 0.141. The van der Waals surface area contributed by atoms with Gasteiger partial charge in [0.1, 0.15) is 0 Å². The third-order valence-electron chi connectivity index (χ3n) is 5.08. The number of carbonyl (C=O) groups is 1. The van der Waals surface area contributed by atoms with Crippen LogP contribution in [-0.4, -0.2) is 30.0 Å². The molecule has 0 spiro atoms. The van der Waals surface area contributed by atoms with E-state index in [9.17, 15) is 13.2 Å². The first-order valence-electron chi connectivity index (χ1n) is 10.2. The molecule has 0 saturated carbocycles. The molecule has 0 unspecified atom stereocenters. The van der Waals surface area contributed by atoms with Crippen LogP contribution in [0.1, 0.15) is 23.2 Å². The molecule has 0 bridgehead atoms. The Balaban J connectivity index is 1.64. The fourth-order valence-corrected chi connectivity index (χ4v) is 5.90. The highest BCUT2D eigenvalue weighted by Crippen LogP contribution is 2.32. The van der Waals surface area contributed by atoms with Crippen LogP contribution in [0.3, 0.4) is 0 Å². The molecule has 2 heterocycles. The van der Waals surface area contributed by atoms with Crippen LogP contribution in [0.5, 0.6) is 0 Å². The third kappa shape index (κ3) is 4.87. The second-order valence-corrected chi connectivity index (χ2v) is 10.7. The molecular formula is C24H23N3O3S2. The summed E-state index contributed by atoms with van der Waals surface area (Å²) in [6.45, 7) is 4.25. The molecule has 0 aliphatic rings. The lowest BCUT2D eigenvalue weighted by molar-refractivity contribution is -0.118. The normalized spacial score (nSPS) is 11.6. The van der Waals surface area contributed by atoms with Gasteiger partial charge in [-0.2, -0.15) is 0 Å². The molecule has 0 atom stereocenters. The third-order valence-corrected chi connectivity index (χ3v) is 7.84. The predicted molar refractivity (Wildman–Crippen MR) is 128 cm³/mol. The lowest BCUT2D eigenvalue weighted by Crippen LogP contribution is -2.32. The van der Waals surface area contributed by atoms with E-state index < -0.39 is 9.84 Å². The molecule has 6 nitrogen and oxygen atoms in total. The number of fused-ring (bicyclic) bond motifs is 1. The second kappa shape index (κ2) is 9.18. The van der Waals surface area contributed by atoms with Gasteiger partial charge in [0.05, 0.1) is 33.1 Å². The van der Waals surface area contributed by atoms with E-state index in [1.807, 2.05) is 38.1 Å². The van der Waals surface area contributed by atoms with Crippen molar-refractivity contribution in [1.82, 2.24) is 9.97 Å². The van der Waals surface area contributed by atoms with Gasteiger partial charge in [0.25, 0.3) is 0 Å². The molecule has 32 heavy (non-hydrogen) atoms. The molecule has 2 aromatic carbocycles. The fraction of sp³-hybridized carbons (Fsp3) is 0.208. The number of amides is 1. The Morgan fingerprint density at radius 3 is 2.50 bits per heavy atom. The maximum atomic E-state index is 13.3. The summed E-state index contributed by atoms with van der Waals surface area (Å²) in [6.07, 6.45) is 1.53. The van der Waals surface area contributed by atoms with Gasteiger partial charge in [-0.25, -0.2) is 13.4 Å². The number of pyridine rings is 1. The molecule has 0 radical (unpaired) electrons. The van der Waals surface area contributed by atoms with E-state index in [0.717, 1.165) is 21.3 Å². The molecule has 4 rings (SSSR count). The van der Waals surface area contributed by atoms with Gasteiger partial charge in [-0.15, -0.1) is 0 Å². The van der Waals surface area contributed by atoms with E-state index in [1.165, 1.54) is 11.3 Å². The van der Waals surface area contributed by atoms with Crippen molar-refractivity contribution in [3.63, 3.8) is 0 Å². The first kappa shape index (κ1) is 22.1. The number of hydrogen-bond acceptors (Lipinski definition) is 6. The second-order valence-electron chi connectivity index (χ2n) is 7.61. The average Bonchev–Trinajstić information content (AvgIpc) is 3.21. The Morgan fingerprint density at radius 1 is 1.03 bits per heavy atom. The minimum atomic E-state index is -3.56. The highest BCUT2D eigenvalue weighted by atomic mass is 32.2. The van der Waals surface area contributed by atoms with E-state index >= 15 is 0 Å². The fourth-order valence-electron chi connectivity index (χ4n) is 3.49. The van der Waals surface area contributed by atoms with Crippen molar-refractivity contribution in [2.24, 2.45) is 0 Å². The minimum Gasteiger partial charge on any atom is -0.282 e. The molecule has 0 aliphatic heterocycles. The Kier molecular flexibility index (Phi) is 6.34. The van der Waals surface area contributed by atoms with Crippen LogP contribution in [0.15, 0.2) is 71.8 Å². The number of anilines is 1. The van der Waals surface area contributed by atoms with Crippen LogP contribution in [0.25, 0.3) is 10.2 Å². The summed E-state index contributed by atoms with van der Waals surface area (Å²) < 4.78 is 26.4. The van der Waals surface area contributed by atoms with Crippen LogP contribution in [0, 0.1) is 13.8 Å². The Hall–Kier alpha value is -3.10. The van der Waals surface area contributed by atoms with Crippen LogP contribution < -0.4 is 4.90 Å². The zero-order valence-electron chi connectivity index (χ0n) is 17.9.